The van der Waals surface area contributed by atoms with Crippen molar-refractivity contribution in [3.8, 4) is 5.75 Å². The molecule has 28 heavy (non-hydrogen) atoms. The standard InChI is InChI=1S/C17H14F4N2O4S/c18-16(19)17(20,21)27-14-4-2-1-3-13(14)23-28(25,26)11-6-7-12-10(9-11)5-8-15(24)22-12/h1-4,6-7,9,16,23H,5,8H2,(H,22,24). The number of benzene rings is 2. The molecule has 6 nitrogen and oxygen atoms in total. The number of carbonyl (C=O) groups excluding carboxylic acids is 1. The quantitative estimate of drug-likeness (QED) is 0.702. The lowest BCUT2D eigenvalue weighted by Crippen LogP contribution is -2.33. The number of hydrogen-bond donors (Lipinski definition) is 2. The minimum Gasteiger partial charge on any atom is -0.426 e. The number of alkyl halides is 4. The molecule has 0 aromatic heterocycles. The molecule has 1 heterocycles. The van der Waals surface area contributed by atoms with E-state index in [2.05, 4.69) is 14.8 Å². The number of para-hydroxylation sites is 2. The molecule has 0 spiro atoms. The SMILES string of the molecule is O=C1CCc2cc(S(=O)(=O)Nc3ccccc3OC(F)(F)C(F)F)ccc2N1. The van der Waals surface area contributed by atoms with E-state index in [1.54, 1.807) is 0 Å². The van der Waals surface area contributed by atoms with Gasteiger partial charge in [-0.15, -0.1) is 0 Å². The summed E-state index contributed by atoms with van der Waals surface area (Å²) in [5.74, 6) is -0.936. The van der Waals surface area contributed by atoms with E-state index in [1.165, 1.54) is 30.3 Å². The molecule has 0 bridgehead atoms. The van der Waals surface area contributed by atoms with Gasteiger partial charge in [0.25, 0.3) is 10.0 Å². The molecule has 1 aliphatic heterocycles. The van der Waals surface area contributed by atoms with Gasteiger partial charge in [-0.05, 0) is 42.3 Å². The number of halogens is 4. The predicted molar refractivity (Wildman–Crippen MR) is 92.2 cm³/mol. The molecular formula is C17H14F4N2O4S. The van der Waals surface area contributed by atoms with E-state index in [9.17, 15) is 30.8 Å². The molecular weight excluding hydrogens is 404 g/mol. The maximum Gasteiger partial charge on any atom is 0.461 e. The number of rotatable bonds is 6. The summed E-state index contributed by atoms with van der Waals surface area (Å²) in [7, 11) is -4.23. The third kappa shape index (κ3) is 4.19. The lowest BCUT2D eigenvalue weighted by Gasteiger charge is -2.20. The Morgan fingerprint density at radius 2 is 1.82 bits per heavy atom. The highest BCUT2D eigenvalue weighted by Crippen LogP contribution is 2.34. The summed E-state index contributed by atoms with van der Waals surface area (Å²) in [5, 5.41) is 2.61. The summed E-state index contributed by atoms with van der Waals surface area (Å²) in [6.07, 6.45) is -8.34. The van der Waals surface area contributed by atoms with Gasteiger partial charge in [0.1, 0.15) is 0 Å². The molecule has 1 amide bonds. The molecule has 3 rings (SSSR count). The number of hydrogen-bond acceptors (Lipinski definition) is 4. The summed E-state index contributed by atoms with van der Waals surface area (Å²) in [4.78, 5) is 11.2. The summed E-state index contributed by atoms with van der Waals surface area (Å²) in [5.41, 5.74) is 0.653. The fourth-order valence-electron chi connectivity index (χ4n) is 2.56. The van der Waals surface area contributed by atoms with Crippen LogP contribution in [0.5, 0.6) is 5.75 Å². The molecule has 2 aromatic carbocycles. The number of carbonyl (C=O) groups is 1. The van der Waals surface area contributed by atoms with Gasteiger partial charge in [0, 0.05) is 12.1 Å². The van der Waals surface area contributed by atoms with E-state index < -0.39 is 34.0 Å². The Kier molecular flexibility index (Phi) is 5.20. The second kappa shape index (κ2) is 7.30. The number of fused-ring (bicyclic) bond motifs is 1. The van der Waals surface area contributed by atoms with Gasteiger partial charge in [0.15, 0.2) is 5.75 Å². The van der Waals surface area contributed by atoms with Crippen molar-refractivity contribution in [2.75, 3.05) is 10.0 Å². The van der Waals surface area contributed by atoms with Gasteiger partial charge in [-0.3, -0.25) is 9.52 Å². The average molecular weight is 418 g/mol. The highest BCUT2D eigenvalue weighted by molar-refractivity contribution is 7.92. The first-order valence-corrected chi connectivity index (χ1v) is 9.46. The van der Waals surface area contributed by atoms with Gasteiger partial charge in [-0.2, -0.15) is 17.6 Å². The Balaban J connectivity index is 1.89. The number of aryl methyl sites for hydroxylation is 1. The van der Waals surface area contributed by atoms with E-state index in [0.717, 1.165) is 12.1 Å². The molecule has 2 aromatic rings. The lowest BCUT2D eigenvalue weighted by molar-refractivity contribution is -0.252. The van der Waals surface area contributed by atoms with Crippen molar-refractivity contribution < 1.29 is 35.5 Å². The minimum atomic E-state index is -4.79. The van der Waals surface area contributed by atoms with E-state index in [1.807, 2.05) is 0 Å². The van der Waals surface area contributed by atoms with Crippen LogP contribution in [0.1, 0.15) is 12.0 Å². The van der Waals surface area contributed by atoms with Gasteiger partial charge in [0.05, 0.1) is 10.6 Å². The minimum absolute atomic E-state index is 0.183. The maximum atomic E-state index is 13.2. The topological polar surface area (TPSA) is 84.5 Å². The van der Waals surface area contributed by atoms with Gasteiger partial charge in [0.2, 0.25) is 5.91 Å². The molecule has 2 N–H and O–H groups in total. The first kappa shape index (κ1) is 19.9. The van der Waals surface area contributed by atoms with E-state index in [4.69, 9.17) is 0 Å². The van der Waals surface area contributed by atoms with Crippen molar-refractivity contribution in [1.82, 2.24) is 0 Å². The van der Waals surface area contributed by atoms with Crippen molar-refractivity contribution in [3.05, 3.63) is 48.0 Å². The molecule has 0 atom stereocenters. The Bertz CT molecular complexity index is 1010. The molecule has 0 aliphatic carbocycles. The van der Waals surface area contributed by atoms with Crippen molar-refractivity contribution in [2.24, 2.45) is 0 Å². The second-order valence-corrected chi connectivity index (χ2v) is 7.62. The summed E-state index contributed by atoms with van der Waals surface area (Å²) in [6.45, 7) is 0. The van der Waals surface area contributed by atoms with Crippen LogP contribution in [-0.4, -0.2) is 26.9 Å². The van der Waals surface area contributed by atoms with Gasteiger partial charge < -0.3 is 10.1 Å². The highest BCUT2D eigenvalue weighted by Gasteiger charge is 2.44. The Labute approximate surface area is 157 Å². The number of amides is 1. The van der Waals surface area contributed by atoms with E-state index in [-0.39, 0.29) is 17.2 Å². The normalized spacial score (nSPS) is 14.4. The average Bonchev–Trinajstić information content (AvgIpc) is 2.62. The maximum absolute atomic E-state index is 13.2. The summed E-state index contributed by atoms with van der Waals surface area (Å²) in [6, 6.07) is 8.58. The van der Waals surface area contributed by atoms with Crippen LogP contribution in [0.4, 0.5) is 28.9 Å². The first-order valence-electron chi connectivity index (χ1n) is 7.98. The Hall–Kier alpha value is -2.82. The highest BCUT2D eigenvalue weighted by atomic mass is 32.2. The zero-order chi connectivity index (χ0) is 20.5. The van der Waals surface area contributed by atoms with Gasteiger partial charge >= 0.3 is 12.5 Å². The van der Waals surface area contributed by atoms with Crippen LogP contribution in [-0.2, 0) is 21.2 Å². The molecule has 0 fully saturated rings. The van der Waals surface area contributed by atoms with Crippen LogP contribution in [0.3, 0.4) is 0 Å². The Morgan fingerprint density at radius 3 is 2.54 bits per heavy atom. The first-order chi connectivity index (χ1) is 13.1. The van der Waals surface area contributed by atoms with Crippen molar-refractivity contribution >= 4 is 27.3 Å². The van der Waals surface area contributed by atoms with Gasteiger partial charge in [-0.1, -0.05) is 12.1 Å². The molecule has 0 saturated heterocycles. The summed E-state index contributed by atoms with van der Waals surface area (Å²) >= 11 is 0. The number of sulfonamides is 1. The fraction of sp³-hybridized carbons (Fsp3) is 0.235. The van der Waals surface area contributed by atoms with Gasteiger partial charge in [-0.25, -0.2) is 8.42 Å². The zero-order valence-corrected chi connectivity index (χ0v) is 14.9. The molecule has 150 valence electrons. The monoisotopic (exact) mass is 418 g/mol. The van der Waals surface area contributed by atoms with E-state index in [0.29, 0.717) is 17.7 Å². The number of anilines is 2. The largest absolute Gasteiger partial charge is 0.461 e. The molecule has 11 heteroatoms. The van der Waals surface area contributed by atoms with Crippen LogP contribution < -0.4 is 14.8 Å². The van der Waals surface area contributed by atoms with Crippen LogP contribution in [0, 0.1) is 0 Å². The van der Waals surface area contributed by atoms with E-state index >= 15 is 0 Å². The fourth-order valence-corrected chi connectivity index (χ4v) is 3.68. The second-order valence-electron chi connectivity index (χ2n) is 5.93. The zero-order valence-electron chi connectivity index (χ0n) is 14.1. The van der Waals surface area contributed by atoms with Crippen LogP contribution >= 0.6 is 0 Å². The summed E-state index contributed by atoms with van der Waals surface area (Å²) < 4.78 is 82.5. The predicted octanol–water partition coefficient (Wildman–Crippen LogP) is 3.61. The van der Waals surface area contributed by atoms with Crippen molar-refractivity contribution in [3.63, 3.8) is 0 Å². The van der Waals surface area contributed by atoms with Crippen LogP contribution in [0.15, 0.2) is 47.4 Å². The van der Waals surface area contributed by atoms with Crippen molar-refractivity contribution in [2.45, 2.75) is 30.3 Å². The molecule has 1 aliphatic rings. The molecule has 0 unspecified atom stereocenters. The molecule has 0 radical (unpaired) electrons. The van der Waals surface area contributed by atoms with Crippen molar-refractivity contribution in [1.29, 1.82) is 0 Å². The number of nitrogens with one attached hydrogen (secondary N) is 2. The Morgan fingerprint density at radius 1 is 1.11 bits per heavy atom. The smallest absolute Gasteiger partial charge is 0.426 e. The molecule has 0 saturated carbocycles. The van der Waals surface area contributed by atoms with Crippen LogP contribution in [0.2, 0.25) is 0 Å². The van der Waals surface area contributed by atoms with Crippen LogP contribution in [0.25, 0.3) is 0 Å². The third-order valence-electron chi connectivity index (χ3n) is 3.91. The lowest BCUT2D eigenvalue weighted by atomic mass is 10.0. The number of ether oxygens (including phenoxy) is 1. The third-order valence-corrected chi connectivity index (χ3v) is 5.28.